The van der Waals surface area contributed by atoms with Crippen LogP contribution < -0.4 is 10.9 Å². The summed E-state index contributed by atoms with van der Waals surface area (Å²) in [5.41, 5.74) is -0.567. The van der Waals surface area contributed by atoms with Crippen LogP contribution >= 0.6 is 0 Å². The molecule has 0 fully saturated rings. The van der Waals surface area contributed by atoms with E-state index in [2.05, 4.69) is 15.4 Å². The highest BCUT2D eigenvalue weighted by Gasteiger charge is 2.15. The van der Waals surface area contributed by atoms with Gasteiger partial charge in [0.15, 0.2) is 17.5 Å². The molecule has 3 rings (SSSR count). The van der Waals surface area contributed by atoms with Crippen molar-refractivity contribution in [3.63, 3.8) is 0 Å². The average Bonchev–Trinajstić information content (AvgIpc) is 2.60. The molecule has 3 aromatic rings. The molecular weight excluding hydrogens is 371 g/mol. The minimum atomic E-state index is -1.65. The van der Waals surface area contributed by atoms with Crippen LogP contribution in [-0.4, -0.2) is 14.8 Å². The zero-order valence-corrected chi connectivity index (χ0v) is 13.7. The fourth-order valence-electron chi connectivity index (χ4n) is 2.32. The Hall–Kier alpha value is -3.30. The first-order valence-electron chi connectivity index (χ1n) is 7.56. The van der Waals surface area contributed by atoms with Crippen molar-refractivity contribution >= 4 is 11.6 Å². The van der Waals surface area contributed by atoms with E-state index in [-0.39, 0.29) is 17.2 Å². The maximum absolute atomic E-state index is 13.6. The number of aromatic nitrogens is 3. The molecule has 0 atom stereocenters. The highest BCUT2D eigenvalue weighted by Crippen LogP contribution is 2.21. The number of aryl methyl sites for hydroxylation is 1. The van der Waals surface area contributed by atoms with Crippen molar-refractivity contribution in [1.29, 1.82) is 0 Å². The normalized spacial score (nSPS) is 10.9. The predicted molar refractivity (Wildman–Crippen MR) is 86.1 cm³/mol. The van der Waals surface area contributed by atoms with E-state index in [0.717, 1.165) is 10.7 Å². The smallest absolute Gasteiger partial charge is 0.324 e. The number of benzene rings is 2. The summed E-state index contributed by atoms with van der Waals surface area (Å²) < 4.78 is 67.7. The third-order valence-electron chi connectivity index (χ3n) is 3.66. The Kier molecular flexibility index (Phi) is 4.89. The van der Waals surface area contributed by atoms with Gasteiger partial charge in [-0.05, 0) is 42.3 Å². The molecule has 2 aromatic carbocycles. The number of rotatable bonds is 4. The van der Waals surface area contributed by atoms with Gasteiger partial charge in [0.05, 0.1) is 6.54 Å². The molecule has 140 valence electrons. The van der Waals surface area contributed by atoms with Gasteiger partial charge in [-0.3, -0.25) is 4.79 Å². The van der Waals surface area contributed by atoms with E-state index in [1.54, 1.807) is 6.92 Å². The van der Waals surface area contributed by atoms with Crippen molar-refractivity contribution in [3.05, 3.63) is 81.0 Å². The highest BCUT2D eigenvalue weighted by molar-refractivity contribution is 5.58. The van der Waals surface area contributed by atoms with Crippen molar-refractivity contribution in [2.75, 3.05) is 5.32 Å². The molecule has 10 heteroatoms. The number of halogens is 5. The summed E-state index contributed by atoms with van der Waals surface area (Å²) in [6.45, 7) is 1.21. The molecule has 0 amide bonds. The second kappa shape index (κ2) is 7.14. The molecule has 0 saturated heterocycles. The van der Waals surface area contributed by atoms with Gasteiger partial charge in [0.25, 0.3) is 5.95 Å². The van der Waals surface area contributed by atoms with Gasteiger partial charge < -0.3 is 5.32 Å². The minimum absolute atomic E-state index is 0.0947. The molecule has 0 unspecified atom stereocenters. The van der Waals surface area contributed by atoms with Crippen LogP contribution in [0.4, 0.5) is 33.6 Å². The second-order valence-electron chi connectivity index (χ2n) is 5.65. The molecule has 1 aromatic heterocycles. The molecule has 1 heterocycles. The van der Waals surface area contributed by atoms with E-state index in [4.69, 9.17) is 0 Å². The predicted octanol–water partition coefficient (Wildman–Crippen LogP) is 3.43. The molecule has 1 N–H and O–H groups in total. The average molecular weight is 382 g/mol. The van der Waals surface area contributed by atoms with Crippen LogP contribution in [0.25, 0.3) is 0 Å². The van der Waals surface area contributed by atoms with E-state index >= 15 is 0 Å². The first-order chi connectivity index (χ1) is 12.7. The molecule has 0 bridgehead atoms. The Labute approximate surface area is 149 Å². The van der Waals surface area contributed by atoms with Crippen LogP contribution in [0.2, 0.25) is 0 Å². The maximum Gasteiger partial charge on any atom is 0.330 e. The zero-order chi connectivity index (χ0) is 19.7. The van der Waals surface area contributed by atoms with Crippen molar-refractivity contribution in [1.82, 2.24) is 14.8 Å². The van der Waals surface area contributed by atoms with E-state index in [0.29, 0.717) is 17.7 Å². The number of hydrogen-bond acceptors (Lipinski definition) is 4. The van der Waals surface area contributed by atoms with Gasteiger partial charge in [-0.2, -0.15) is 9.37 Å². The minimum Gasteiger partial charge on any atom is -0.324 e. The lowest BCUT2D eigenvalue weighted by Crippen LogP contribution is -2.24. The van der Waals surface area contributed by atoms with Crippen molar-refractivity contribution in [2.24, 2.45) is 0 Å². The fraction of sp³-hybridized carbons (Fsp3) is 0.118. The molecule has 0 aliphatic rings. The quantitative estimate of drug-likeness (QED) is 0.555. The van der Waals surface area contributed by atoms with Crippen molar-refractivity contribution < 1.29 is 22.0 Å². The van der Waals surface area contributed by atoms with Gasteiger partial charge in [-0.15, -0.1) is 5.10 Å². The lowest BCUT2D eigenvalue weighted by molar-refractivity contribution is 0.442. The van der Waals surface area contributed by atoms with Crippen LogP contribution in [0.5, 0.6) is 0 Å². The van der Waals surface area contributed by atoms with Crippen LogP contribution in [0, 0.1) is 36.1 Å². The topological polar surface area (TPSA) is 59.8 Å². The zero-order valence-electron chi connectivity index (χ0n) is 13.7. The lowest BCUT2D eigenvalue weighted by atomic mass is 10.2. The number of nitrogens with one attached hydrogen (secondary N) is 1. The number of hydrogen-bond donors (Lipinski definition) is 1. The summed E-state index contributed by atoms with van der Waals surface area (Å²) in [4.78, 5) is 15.0. The van der Waals surface area contributed by atoms with E-state index in [9.17, 15) is 26.7 Å². The monoisotopic (exact) mass is 382 g/mol. The van der Waals surface area contributed by atoms with E-state index in [1.807, 2.05) is 0 Å². The van der Waals surface area contributed by atoms with Gasteiger partial charge in [0, 0.05) is 5.69 Å². The maximum atomic E-state index is 13.6. The first-order valence-corrected chi connectivity index (χ1v) is 7.56. The third kappa shape index (κ3) is 3.94. The highest BCUT2D eigenvalue weighted by atomic mass is 19.2. The second-order valence-corrected chi connectivity index (χ2v) is 5.65. The molecule has 0 aliphatic carbocycles. The van der Waals surface area contributed by atoms with Crippen LogP contribution in [0.15, 0.2) is 35.1 Å². The largest absolute Gasteiger partial charge is 0.330 e. The van der Waals surface area contributed by atoms with Crippen LogP contribution in [-0.2, 0) is 6.54 Å². The summed E-state index contributed by atoms with van der Waals surface area (Å²) >= 11 is 0. The number of nitrogens with zero attached hydrogens (tertiary/aromatic N) is 3. The Bertz CT molecular complexity index is 1060. The Balaban J connectivity index is 2.04. The summed E-state index contributed by atoms with van der Waals surface area (Å²) in [5.74, 6) is -6.83. The Morgan fingerprint density at radius 3 is 2.37 bits per heavy atom. The molecule has 5 nitrogen and oxygen atoms in total. The fourth-order valence-corrected chi connectivity index (χ4v) is 2.32. The Morgan fingerprint density at radius 2 is 1.70 bits per heavy atom. The van der Waals surface area contributed by atoms with Crippen molar-refractivity contribution in [3.8, 4) is 0 Å². The van der Waals surface area contributed by atoms with E-state index < -0.39 is 41.3 Å². The molecule has 0 saturated carbocycles. The first kappa shape index (κ1) is 18.5. The molecular formula is C17H11F5N4O. The summed E-state index contributed by atoms with van der Waals surface area (Å²) in [5, 5.41) is 6.01. The Morgan fingerprint density at radius 1 is 1.04 bits per heavy atom. The number of anilines is 2. The summed E-state index contributed by atoms with van der Waals surface area (Å²) in [7, 11) is 0. The van der Waals surface area contributed by atoms with Gasteiger partial charge in [0.2, 0.25) is 5.95 Å². The van der Waals surface area contributed by atoms with Crippen LogP contribution in [0.1, 0.15) is 11.1 Å². The molecule has 0 aliphatic heterocycles. The summed E-state index contributed by atoms with van der Waals surface area (Å²) in [6.07, 6.45) is 0. The SMILES string of the molecule is Cc1ccc(F)cc1Nc1nc(=O)c(F)nn1Cc1cc(F)c(F)c(F)c1. The lowest BCUT2D eigenvalue weighted by Gasteiger charge is -2.14. The third-order valence-corrected chi connectivity index (χ3v) is 3.66. The van der Waals surface area contributed by atoms with Crippen molar-refractivity contribution in [2.45, 2.75) is 13.5 Å². The molecule has 0 radical (unpaired) electrons. The molecule has 0 spiro atoms. The van der Waals surface area contributed by atoms with Crippen LogP contribution in [0.3, 0.4) is 0 Å². The summed E-state index contributed by atoms with van der Waals surface area (Å²) in [6, 6.07) is 5.20. The standard InChI is InChI=1S/C17H11F5N4O/c1-8-2-3-10(18)6-13(8)23-17-24-16(27)15(22)25-26(17)7-9-4-11(19)14(21)12(20)5-9/h2-6H,7H2,1H3,(H,23,24,27). The van der Waals surface area contributed by atoms with Gasteiger partial charge >= 0.3 is 5.56 Å². The van der Waals surface area contributed by atoms with Gasteiger partial charge in [-0.25, -0.2) is 22.2 Å². The molecule has 27 heavy (non-hydrogen) atoms. The van der Waals surface area contributed by atoms with E-state index in [1.165, 1.54) is 12.1 Å². The van der Waals surface area contributed by atoms with Gasteiger partial charge in [0.1, 0.15) is 5.82 Å². The van der Waals surface area contributed by atoms with Gasteiger partial charge in [-0.1, -0.05) is 6.07 Å².